The van der Waals surface area contributed by atoms with Crippen LogP contribution in [-0.2, 0) is 10.2 Å². The Kier molecular flexibility index (Phi) is 2.01. The summed E-state index contributed by atoms with van der Waals surface area (Å²) in [5.41, 5.74) is 0.309. The minimum Gasteiger partial charge on any atom is -0.490 e. The Labute approximate surface area is 99.8 Å². The molecular weight excluding hydrogens is 218 g/mol. The molecule has 1 spiro atoms. The van der Waals surface area contributed by atoms with E-state index in [1.54, 1.807) is 0 Å². The van der Waals surface area contributed by atoms with E-state index in [0.29, 0.717) is 6.42 Å². The van der Waals surface area contributed by atoms with Crippen molar-refractivity contribution in [2.24, 2.45) is 0 Å². The van der Waals surface area contributed by atoms with Crippen molar-refractivity contribution in [3.63, 3.8) is 0 Å². The topological polar surface area (TPSA) is 49.8 Å². The molecule has 2 heterocycles. The van der Waals surface area contributed by atoms with Crippen LogP contribution in [0.2, 0.25) is 0 Å². The summed E-state index contributed by atoms with van der Waals surface area (Å²) in [4.78, 5) is 12.1. The number of nitrogens with zero attached hydrogens (tertiary/aromatic N) is 1. The largest absolute Gasteiger partial charge is 0.490 e. The summed E-state index contributed by atoms with van der Waals surface area (Å²) in [6, 6.07) is 7.41. The molecular formula is C13H15NO3. The predicted octanol–water partition coefficient (Wildman–Crippen LogP) is 1.72. The van der Waals surface area contributed by atoms with E-state index >= 15 is 0 Å². The van der Waals surface area contributed by atoms with Gasteiger partial charge in [0.25, 0.3) is 5.91 Å². The Bertz CT molecular complexity index is 487. The smallest absolute Gasteiger partial charge is 0.259 e. The van der Waals surface area contributed by atoms with Gasteiger partial charge in [-0.2, -0.15) is 0 Å². The molecule has 1 aromatic rings. The van der Waals surface area contributed by atoms with E-state index in [1.165, 1.54) is 0 Å². The summed E-state index contributed by atoms with van der Waals surface area (Å²) in [5, 5.41) is 10.4. The first-order valence-electron chi connectivity index (χ1n) is 5.86. The average molecular weight is 233 g/mol. The molecule has 0 aliphatic carbocycles. The molecule has 17 heavy (non-hydrogen) atoms. The summed E-state index contributed by atoms with van der Waals surface area (Å²) in [6.07, 6.45) is 0.617. The van der Waals surface area contributed by atoms with Gasteiger partial charge in [-0.05, 0) is 19.9 Å². The number of hydroxylamine groups is 2. The van der Waals surface area contributed by atoms with Gasteiger partial charge in [0.15, 0.2) is 0 Å². The van der Waals surface area contributed by atoms with Crippen molar-refractivity contribution in [3.05, 3.63) is 29.8 Å². The van der Waals surface area contributed by atoms with Gasteiger partial charge in [0.2, 0.25) is 0 Å². The lowest BCUT2D eigenvalue weighted by Crippen LogP contribution is -2.71. The minimum atomic E-state index is -0.594. The maximum Gasteiger partial charge on any atom is 0.259 e. The van der Waals surface area contributed by atoms with Gasteiger partial charge < -0.3 is 4.74 Å². The predicted molar refractivity (Wildman–Crippen MR) is 60.9 cm³/mol. The Hall–Kier alpha value is -1.55. The van der Waals surface area contributed by atoms with E-state index in [9.17, 15) is 10.0 Å². The molecule has 1 aromatic carbocycles. The molecule has 4 heteroatoms. The molecule has 3 unspecified atom stereocenters. The molecule has 1 fully saturated rings. The monoisotopic (exact) mass is 233 g/mol. The molecule has 1 N–H and O–H groups in total. The van der Waals surface area contributed by atoms with E-state index in [-0.39, 0.29) is 18.1 Å². The molecule has 2 aliphatic rings. The normalized spacial score (nSPS) is 35.2. The van der Waals surface area contributed by atoms with Crippen molar-refractivity contribution in [1.29, 1.82) is 0 Å². The maximum atomic E-state index is 12.1. The molecule has 1 saturated heterocycles. The van der Waals surface area contributed by atoms with Crippen LogP contribution in [0.15, 0.2) is 24.3 Å². The highest BCUT2D eigenvalue weighted by molar-refractivity contribution is 5.95. The van der Waals surface area contributed by atoms with Crippen molar-refractivity contribution in [2.45, 2.75) is 37.8 Å². The highest BCUT2D eigenvalue weighted by Crippen LogP contribution is 2.50. The van der Waals surface area contributed by atoms with Crippen LogP contribution in [-0.4, -0.2) is 28.3 Å². The number of hydrogen-bond acceptors (Lipinski definition) is 3. The van der Waals surface area contributed by atoms with Gasteiger partial charge in [0.05, 0.1) is 12.1 Å². The maximum absolute atomic E-state index is 12.1. The van der Waals surface area contributed by atoms with E-state index in [0.717, 1.165) is 16.4 Å². The summed E-state index contributed by atoms with van der Waals surface area (Å²) < 4.78 is 5.74. The molecule has 0 bridgehead atoms. The summed E-state index contributed by atoms with van der Waals surface area (Å²) in [6.45, 7) is 3.83. The van der Waals surface area contributed by atoms with Crippen LogP contribution >= 0.6 is 0 Å². The standard InChI is InChI=1S/C13H15NO3/c1-8-7-13(9(2)14(16)12(13)15)10-5-3-4-6-11(10)17-8/h3-6,8-9,16H,7H2,1-2H3. The number of amides is 1. The number of ether oxygens (including phenoxy) is 1. The Morgan fingerprint density at radius 1 is 1.41 bits per heavy atom. The van der Waals surface area contributed by atoms with Crippen LogP contribution in [0.1, 0.15) is 25.8 Å². The lowest BCUT2D eigenvalue weighted by Gasteiger charge is -2.54. The fourth-order valence-corrected chi connectivity index (χ4v) is 3.06. The Morgan fingerprint density at radius 2 is 2.12 bits per heavy atom. The van der Waals surface area contributed by atoms with Gasteiger partial charge in [-0.15, -0.1) is 0 Å². The molecule has 2 aliphatic heterocycles. The molecule has 90 valence electrons. The van der Waals surface area contributed by atoms with Gasteiger partial charge in [-0.25, -0.2) is 5.06 Å². The third kappa shape index (κ3) is 1.13. The van der Waals surface area contributed by atoms with Crippen molar-refractivity contribution >= 4 is 5.91 Å². The van der Waals surface area contributed by atoms with Crippen LogP contribution in [0.25, 0.3) is 0 Å². The van der Waals surface area contributed by atoms with Gasteiger partial charge >= 0.3 is 0 Å². The second-order valence-corrected chi connectivity index (χ2v) is 4.93. The first-order valence-corrected chi connectivity index (χ1v) is 5.86. The zero-order chi connectivity index (χ0) is 12.2. The van der Waals surface area contributed by atoms with Gasteiger partial charge in [-0.1, -0.05) is 18.2 Å². The number of rotatable bonds is 0. The number of benzene rings is 1. The van der Waals surface area contributed by atoms with Crippen LogP contribution in [0.5, 0.6) is 5.75 Å². The van der Waals surface area contributed by atoms with Crippen molar-refractivity contribution in [2.75, 3.05) is 0 Å². The van der Waals surface area contributed by atoms with Gasteiger partial charge in [-0.3, -0.25) is 10.0 Å². The fraction of sp³-hybridized carbons (Fsp3) is 0.462. The van der Waals surface area contributed by atoms with Crippen molar-refractivity contribution in [3.8, 4) is 5.75 Å². The van der Waals surface area contributed by atoms with Crippen LogP contribution in [0, 0.1) is 0 Å². The summed E-state index contributed by atoms with van der Waals surface area (Å²) >= 11 is 0. The number of fused-ring (bicyclic) bond motifs is 2. The quantitative estimate of drug-likeness (QED) is 0.548. The highest BCUT2D eigenvalue weighted by atomic mass is 16.5. The van der Waals surface area contributed by atoms with E-state index in [4.69, 9.17) is 4.74 Å². The lowest BCUT2D eigenvalue weighted by molar-refractivity contribution is -0.226. The Balaban J connectivity index is 2.16. The molecule has 3 rings (SSSR count). The third-order valence-corrected chi connectivity index (χ3v) is 3.98. The van der Waals surface area contributed by atoms with Gasteiger partial charge in [0.1, 0.15) is 11.2 Å². The first-order chi connectivity index (χ1) is 8.07. The van der Waals surface area contributed by atoms with E-state index < -0.39 is 5.41 Å². The van der Waals surface area contributed by atoms with Crippen molar-refractivity contribution in [1.82, 2.24) is 5.06 Å². The SMILES string of the molecule is CC1CC2(C(=O)N(O)C2C)c2ccccc2O1. The third-order valence-electron chi connectivity index (χ3n) is 3.98. The zero-order valence-corrected chi connectivity index (χ0v) is 9.88. The summed E-state index contributed by atoms with van der Waals surface area (Å²) in [7, 11) is 0. The second kappa shape index (κ2) is 3.23. The molecule has 0 saturated carbocycles. The average Bonchev–Trinajstić information content (AvgIpc) is 2.35. The number of carbonyl (C=O) groups is 1. The molecule has 0 aromatic heterocycles. The second-order valence-electron chi connectivity index (χ2n) is 4.93. The fourth-order valence-electron chi connectivity index (χ4n) is 3.06. The van der Waals surface area contributed by atoms with Crippen LogP contribution in [0.4, 0.5) is 0 Å². The number of para-hydroxylation sites is 1. The zero-order valence-electron chi connectivity index (χ0n) is 9.88. The highest BCUT2D eigenvalue weighted by Gasteiger charge is 2.62. The van der Waals surface area contributed by atoms with E-state index in [2.05, 4.69) is 0 Å². The van der Waals surface area contributed by atoms with Crippen molar-refractivity contribution < 1.29 is 14.7 Å². The van der Waals surface area contributed by atoms with Gasteiger partial charge in [0, 0.05) is 12.0 Å². The molecule has 0 radical (unpaired) electrons. The molecule has 4 nitrogen and oxygen atoms in total. The number of β-lactam (4-membered cyclic amide) rings is 1. The molecule has 3 atom stereocenters. The van der Waals surface area contributed by atoms with Crippen LogP contribution in [0.3, 0.4) is 0 Å². The first kappa shape index (κ1) is 10.6. The van der Waals surface area contributed by atoms with Crippen LogP contribution < -0.4 is 4.74 Å². The number of carbonyl (C=O) groups excluding carboxylic acids is 1. The number of hydrogen-bond donors (Lipinski definition) is 1. The molecule has 1 amide bonds. The minimum absolute atomic E-state index is 0.00926. The lowest BCUT2D eigenvalue weighted by atomic mass is 9.63. The Morgan fingerprint density at radius 3 is 2.82 bits per heavy atom. The van der Waals surface area contributed by atoms with E-state index in [1.807, 2.05) is 38.1 Å². The summed E-state index contributed by atoms with van der Waals surface area (Å²) in [5.74, 6) is 0.548.